The molecule has 1 fully saturated rings. The number of rotatable bonds is 6. The predicted molar refractivity (Wildman–Crippen MR) is 59.7 cm³/mol. The Balaban J connectivity index is 1.51. The lowest BCUT2D eigenvalue weighted by molar-refractivity contribution is -0.214. The van der Waals surface area contributed by atoms with Gasteiger partial charge in [-0.05, 0) is 24.8 Å². The quantitative estimate of drug-likeness (QED) is 0.666. The molecule has 1 aromatic rings. The number of ether oxygens (including phenoxy) is 2. The zero-order valence-corrected chi connectivity index (χ0v) is 9.02. The van der Waals surface area contributed by atoms with Gasteiger partial charge in [0.2, 0.25) is 0 Å². The highest BCUT2D eigenvalue weighted by atomic mass is 16.7. The Morgan fingerprint density at radius 3 is 2.67 bits per heavy atom. The van der Waals surface area contributed by atoms with E-state index in [9.17, 15) is 0 Å². The Hall–Kier alpha value is -0.860. The molecule has 2 rings (SSSR count). The first kappa shape index (κ1) is 10.7. The van der Waals surface area contributed by atoms with Crippen molar-refractivity contribution < 1.29 is 9.47 Å². The number of benzene rings is 1. The summed E-state index contributed by atoms with van der Waals surface area (Å²) in [6.07, 6.45) is 4.63. The molecule has 1 aliphatic heterocycles. The fourth-order valence-corrected chi connectivity index (χ4v) is 1.64. The predicted octanol–water partition coefficient (Wildman–Crippen LogP) is 2.77. The molecular formula is C13H18O2. The average molecular weight is 206 g/mol. The monoisotopic (exact) mass is 206 g/mol. The fourth-order valence-electron chi connectivity index (χ4n) is 1.64. The first-order chi connectivity index (χ1) is 7.45. The van der Waals surface area contributed by atoms with E-state index in [0.717, 1.165) is 32.5 Å². The lowest BCUT2D eigenvalue weighted by atomic mass is 10.1. The number of aryl methyl sites for hydroxylation is 1. The van der Waals surface area contributed by atoms with E-state index in [4.69, 9.17) is 9.47 Å². The van der Waals surface area contributed by atoms with Crippen LogP contribution in [-0.2, 0) is 15.9 Å². The molecule has 1 unspecified atom stereocenters. The number of hydrogen-bond acceptors (Lipinski definition) is 2. The smallest absolute Gasteiger partial charge is 0.159 e. The van der Waals surface area contributed by atoms with E-state index in [1.54, 1.807) is 0 Å². The van der Waals surface area contributed by atoms with Crippen molar-refractivity contribution in [2.24, 2.45) is 0 Å². The topological polar surface area (TPSA) is 18.5 Å². The molecule has 0 aliphatic carbocycles. The minimum atomic E-state index is 0.0988. The summed E-state index contributed by atoms with van der Waals surface area (Å²) in [6, 6.07) is 10.6. The molecule has 1 aliphatic rings. The minimum absolute atomic E-state index is 0.0988. The van der Waals surface area contributed by atoms with Crippen molar-refractivity contribution in [2.75, 3.05) is 13.2 Å². The van der Waals surface area contributed by atoms with Crippen LogP contribution < -0.4 is 0 Å². The summed E-state index contributed by atoms with van der Waals surface area (Å²) in [7, 11) is 0. The van der Waals surface area contributed by atoms with Gasteiger partial charge in [-0.2, -0.15) is 0 Å². The maximum atomic E-state index is 5.49. The highest BCUT2D eigenvalue weighted by molar-refractivity contribution is 5.14. The first-order valence-electron chi connectivity index (χ1n) is 5.72. The van der Waals surface area contributed by atoms with Gasteiger partial charge in [0.15, 0.2) is 6.29 Å². The third kappa shape index (κ3) is 3.65. The molecule has 0 bridgehead atoms. The van der Waals surface area contributed by atoms with Gasteiger partial charge in [0.25, 0.3) is 0 Å². The maximum Gasteiger partial charge on any atom is 0.159 e. The molecule has 15 heavy (non-hydrogen) atoms. The first-order valence-corrected chi connectivity index (χ1v) is 5.72. The molecular weight excluding hydrogens is 188 g/mol. The Bertz CT molecular complexity index is 267. The van der Waals surface area contributed by atoms with Crippen LogP contribution in [0.1, 0.15) is 24.8 Å². The van der Waals surface area contributed by atoms with Gasteiger partial charge >= 0.3 is 0 Å². The van der Waals surface area contributed by atoms with Crippen molar-refractivity contribution in [2.45, 2.75) is 32.0 Å². The molecule has 0 N–H and O–H groups in total. The summed E-state index contributed by atoms with van der Waals surface area (Å²) in [4.78, 5) is 0. The van der Waals surface area contributed by atoms with Crippen LogP contribution in [0.2, 0.25) is 0 Å². The molecule has 2 nitrogen and oxygen atoms in total. The summed E-state index contributed by atoms with van der Waals surface area (Å²) in [5.74, 6) is 0. The molecule has 1 aromatic carbocycles. The normalized spacial score (nSPS) is 19.9. The largest absolute Gasteiger partial charge is 0.353 e. The Kier molecular flexibility index (Phi) is 4.18. The fraction of sp³-hybridized carbons (Fsp3) is 0.538. The van der Waals surface area contributed by atoms with Gasteiger partial charge < -0.3 is 9.47 Å². The summed E-state index contributed by atoms with van der Waals surface area (Å²) < 4.78 is 10.7. The Morgan fingerprint density at radius 1 is 1.20 bits per heavy atom. The zero-order chi connectivity index (χ0) is 10.3. The molecule has 0 amide bonds. The molecule has 2 heteroatoms. The van der Waals surface area contributed by atoms with Crippen LogP contribution in [0.5, 0.6) is 0 Å². The van der Waals surface area contributed by atoms with Gasteiger partial charge in [0.1, 0.15) is 0 Å². The molecule has 82 valence electrons. The van der Waals surface area contributed by atoms with E-state index >= 15 is 0 Å². The summed E-state index contributed by atoms with van der Waals surface area (Å²) in [6.45, 7) is 1.70. The second-order valence-corrected chi connectivity index (χ2v) is 3.90. The summed E-state index contributed by atoms with van der Waals surface area (Å²) >= 11 is 0. The average Bonchev–Trinajstić information content (AvgIpc) is 2.22. The van der Waals surface area contributed by atoms with Crippen LogP contribution in [0.15, 0.2) is 30.3 Å². The van der Waals surface area contributed by atoms with Crippen LogP contribution in [0.4, 0.5) is 0 Å². The van der Waals surface area contributed by atoms with E-state index in [-0.39, 0.29) is 6.29 Å². The van der Waals surface area contributed by atoms with Crippen LogP contribution in [0.25, 0.3) is 0 Å². The van der Waals surface area contributed by atoms with E-state index < -0.39 is 0 Å². The van der Waals surface area contributed by atoms with Crippen LogP contribution in [-0.4, -0.2) is 19.5 Å². The van der Waals surface area contributed by atoms with E-state index in [2.05, 4.69) is 30.3 Å². The third-order valence-electron chi connectivity index (χ3n) is 2.66. The second kappa shape index (κ2) is 5.89. The van der Waals surface area contributed by atoms with Crippen molar-refractivity contribution >= 4 is 0 Å². The second-order valence-electron chi connectivity index (χ2n) is 3.90. The van der Waals surface area contributed by atoms with Crippen LogP contribution in [0, 0.1) is 0 Å². The van der Waals surface area contributed by atoms with E-state index in [1.165, 1.54) is 12.0 Å². The number of unbranched alkanes of at least 4 members (excludes halogenated alkanes) is 1. The lowest BCUT2D eigenvalue weighted by Crippen LogP contribution is -2.29. The van der Waals surface area contributed by atoms with Crippen molar-refractivity contribution in [1.82, 2.24) is 0 Å². The van der Waals surface area contributed by atoms with Crippen molar-refractivity contribution in [1.29, 1.82) is 0 Å². The molecule has 0 spiro atoms. The summed E-state index contributed by atoms with van der Waals surface area (Å²) in [5, 5.41) is 0. The van der Waals surface area contributed by atoms with Gasteiger partial charge in [-0.1, -0.05) is 30.3 Å². The van der Waals surface area contributed by atoms with Crippen LogP contribution in [0.3, 0.4) is 0 Å². The SMILES string of the molecule is c1ccc(CCCCOC2CCO2)cc1. The molecule has 1 saturated heterocycles. The molecule has 0 saturated carbocycles. The Labute approximate surface area is 91.2 Å². The zero-order valence-electron chi connectivity index (χ0n) is 9.02. The molecule has 0 aromatic heterocycles. The highest BCUT2D eigenvalue weighted by Crippen LogP contribution is 2.13. The van der Waals surface area contributed by atoms with Crippen molar-refractivity contribution in [3.8, 4) is 0 Å². The van der Waals surface area contributed by atoms with Gasteiger partial charge in [-0.15, -0.1) is 0 Å². The van der Waals surface area contributed by atoms with Gasteiger partial charge in [-0.3, -0.25) is 0 Å². The lowest BCUT2D eigenvalue weighted by Gasteiger charge is -2.26. The van der Waals surface area contributed by atoms with Crippen LogP contribution >= 0.6 is 0 Å². The van der Waals surface area contributed by atoms with Gasteiger partial charge in [-0.25, -0.2) is 0 Å². The minimum Gasteiger partial charge on any atom is -0.353 e. The maximum absolute atomic E-state index is 5.49. The highest BCUT2D eigenvalue weighted by Gasteiger charge is 2.17. The Morgan fingerprint density at radius 2 is 2.00 bits per heavy atom. The van der Waals surface area contributed by atoms with Gasteiger partial charge in [0, 0.05) is 13.0 Å². The van der Waals surface area contributed by atoms with Crippen molar-refractivity contribution in [3.05, 3.63) is 35.9 Å². The third-order valence-corrected chi connectivity index (χ3v) is 2.66. The standard InChI is InChI=1S/C13H18O2/c1-2-6-12(7-3-1)8-4-5-10-14-13-9-11-15-13/h1-3,6-7,13H,4-5,8-11H2. The molecule has 1 atom stereocenters. The van der Waals surface area contributed by atoms with E-state index in [0.29, 0.717) is 0 Å². The summed E-state index contributed by atoms with van der Waals surface area (Å²) in [5.41, 5.74) is 1.41. The molecule has 1 heterocycles. The number of hydrogen-bond donors (Lipinski definition) is 0. The van der Waals surface area contributed by atoms with E-state index in [1.807, 2.05) is 0 Å². The molecule has 0 radical (unpaired) electrons. The van der Waals surface area contributed by atoms with Crippen molar-refractivity contribution in [3.63, 3.8) is 0 Å². The van der Waals surface area contributed by atoms with Gasteiger partial charge in [0.05, 0.1) is 6.61 Å².